The average molecular weight is 315 g/mol. The zero-order valence-electron chi connectivity index (χ0n) is 14.6. The van der Waals surface area contributed by atoms with E-state index in [9.17, 15) is 4.79 Å². The van der Waals surface area contributed by atoms with Crippen molar-refractivity contribution < 1.29 is 11.4 Å². The second-order valence-corrected chi connectivity index (χ2v) is 7.68. The first-order valence-electron chi connectivity index (χ1n) is 9.41. The predicted molar refractivity (Wildman–Crippen MR) is 88.3 cm³/mol. The molecule has 23 heavy (non-hydrogen) atoms. The monoisotopic (exact) mass is 315 g/mol. The number of fused-ring (bicyclic) bond motifs is 1. The Kier molecular flexibility index (Phi) is 3.60. The Hall–Kier alpha value is -1.39. The van der Waals surface area contributed by atoms with Crippen molar-refractivity contribution >= 4 is 5.91 Å². The van der Waals surface area contributed by atoms with Gasteiger partial charge in [0.05, 0.1) is 1.37 Å². The third-order valence-corrected chi connectivity index (χ3v) is 6.29. The van der Waals surface area contributed by atoms with Gasteiger partial charge in [-0.2, -0.15) is 0 Å². The van der Waals surface area contributed by atoms with E-state index in [1.807, 2.05) is 0 Å². The summed E-state index contributed by atoms with van der Waals surface area (Å²) in [5.74, 6) is -0.594. The van der Waals surface area contributed by atoms with Crippen molar-refractivity contribution in [2.24, 2.45) is 5.41 Å². The summed E-state index contributed by atoms with van der Waals surface area (Å²) in [7, 11) is 0. The lowest BCUT2D eigenvalue weighted by atomic mass is 9.58. The topological polar surface area (TPSA) is 52.6 Å². The third-order valence-electron chi connectivity index (χ3n) is 6.29. The third kappa shape index (κ3) is 2.79. The molecule has 2 N–H and O–H groups in total. The molecule has 0 saturated heterocycles. The van der Waals surface area contributed by atoms with Crippen molar-refractivity contribution in [3.05, 3.63) is 34.9 Å². The highest BCUT2D eigenvalue weighted by Crippen LogP contribution is 2.53. The SMILES string of the molecule is [2H]c1cc2c(cc1C(=O)NO)CCN(C1CC3(CCCCC3)C1)C2. The molecule has 124 valence electrons. The first-order chi connectivity index (χ1) is 11.6. The highest BCUT2D eigenvalue weighted by Gasteiger charge is 2.46. The van der Waals surface area contributed by atoms with Gasteiger partial charge in [-0.1, -0.05) is 25.3 Å². The largest absolute Gasteiger partial charge is 0.296 e. The average Bonchev–Trinajstić information content (AvgIpc) is 2.58. The van der Waals surface area contributed by atoms with Crippen LogP contribution in [0.5, 0.6) is 0 Å². The molecule has 0 atom stereocenters. The number of benzene rings is 1. The van der Waals surface area contributed by atoms with E-state index in [-0.39, 0.29) is 11.6 Å². The number of hydroxylamine groups is 1. The van der Waals surface area contributed by atoms with Gasteiger partial charge in [-0.05, 0) is 60.8 Å². The molecular formula is C19H26N2O2. The Morgan fingerprint density at radius 3 is 2.83 bits per heavy atom. The molecule has 0 bridgehead atoms. The number of hydrogen-bond donors (Lipinski definition) is 2. The van der Waals surface area contributed by atoms with Crippen LogP contribution in [0.2, 0.25) is 0 Å². The summed E-state index contributed by atoms with van der Waals surface area (Å²) in [4.78, 5) is 14.2. The summed E-state index contributed by atoms with van der Waals surface area (Å²) >= 11 is 0. The summed E-state index contributed by atoms with van der Waals surface area (Å²) < 4.78 is 8.04. The second kappa shape index (κ2) is 5.91. The van der Waals surface area contributed by atoms with Crippen LogP contribution in [0.15, 0.2) is 18.2 Å². The van der Waals surface area contributed by atoms with E-state index in [1.54, 1.807) is 17.6 Å². The van der Waals surface area contributed by atoms with Crippen LogP contribution in [0.4, 0.5) is 0 Å². The summed E-state index contributed by atoms with van der Waals surface area (Å²) in [6.45, 7) is 1.92. The van der Waals surface area contributed by atoms with Gasteiger partial charge in [0.25, 0.3) is 5.91 Å². The number of nitrogens with one attached hydrogen (secondary N) is 1. The van der Waals surface area contributed by atoms with Gasteiger partial charge in [0.1, 0.15) is 0 Å². The van der Waals surface area contributed by atoms with Crippen molar-refractivity contribution in [3.8, 4) is 0 Å². The van der Waals surface area contributed by atoms with Crippen LogP contribution in [-0.2, 0) is 13.0 Å². The van der Waals surface area contributed by atoms with Gasteiger partial charge in [-0.15, -0.1) is 0 Å². The number of carbonyl (C=O) groups is 1. The molecule has 2 fully saturated rings. The molecule has 4 nitrogen and oxygen atoms in total. The fraction of sp³-hybridized carbons (Fsp3) is 0.632. The van der Waals surface area contributed by atoms with Crippen LogP contribution in [0.25, 0.3) is 0 Å². The molecule has 3 aliphatic rings. The lowest BCUT2D eigenvalue weighted by molar-refractivity contribution is -0.0307. The van der Waals surface area contributed by atoms with E-state index in [4.69, 9.17) is 6.58 Å². The first kappa shape index (κ1) is 14.0. The van der Waals surface area contributed by atoms with Crippen LogP contribution in [0, 0.1) is 5.41 Å². The fourth-order valence-corrected chi connectivity index (χ4v) is 4.92. The van der Waals surface area contributed by atoms with Crippen molar-refractivity contribution in [3.63, 3.8) is 0 Å². The number of nitrogens with zero attached hydrogens (tertiary/aromatic N) is 1. The van der Waals surface area contributed by atoms with Gasteiger partial charge in [0.2, 0.25) is 0 Å². The van der Waals surface area contributed by atoms with Gasteiger partial charge in [-0.25, -0.2) is 5.48 Å². The van der Waals surface area contributed by atoms with E-state index in [0.29, 0.717) is 11.5 Å². The van der Waals surface area contributed by atoms with Crippen molar-refractivity contribution in [2.75, 3.05) is 6.54 Å². The minimum atomic E-state index is -0.594. The molecule has 4 rings (SSSR count). The molecule has 2 aliphatic carbocycles. The molecule has 1 aromatic carbocycles. The molecule has 1 aromatic rings. The van der Waals surface area contributed by atoms with Crippen molar-refractivity contribution in [2.45, 2.75) is 64.0 Å². The van der Waals surface area contributed by atoms with Crippen LogP contribution >= 0.6 is 0 Å². The molecule has 4 heteroatoms. The Morgan fingerprint density at radius 2 is 2.09 bits per heavy atom. The van der Waals surface area contributed by atoms with Crippen LogP contribution in [-0.4, -0.2) is 28.6 Å². The smallest absolute Gasteiger partial charge is 0.274 e. The van der Waals surface area contributed by atoms with E-state index < -0.39 is 5.91 Å². The van der Waals surface area contributed by atoms with Crippen molar-refractivity contribution in [1.29, 1.82) is 0 Å². The van der Waals surface area contributed by atoms with Crippen molar-refractivity contribution in [1.82, 2.24) is 10.4 Å². The van der Waals surface area contributed by atoms with E-state index >= 15 is 0 Å². The molecular weight excluding hydrogens is 288 g/mol. The predicted octanol–water partition coefficient (Wildman–Crippen LogP) is 3.28. The summed E-state index contributed by atoms with van der Waals surface area (Å²) in [6.07, 6.45) is 10.7. The van der Waals surface area contributed by atoms with Crippen LogP contribution < -0.4 is 5.48 Å². The van der Waals surface area contributed by atoms with E-state index in [1.165, 1.54) is 50.5 Å². The Labute approximate surface area is 139 Å². The Balaban J connectivity index is 1.45. The maximum absolute atomic E-state index is 11.6. The van der Waals surface area contributed by atoms with Gasteiger partial charge >= 0.3 is 0 Å². The van der Waals surface area contributed by atoms with E-state index in [2.05, 4.69) is 4.90 Å². The molecule has 1 heterocycles. The van der Waals surface area contributed by atoms with Crippen LogP contribution in [0.1, 0.15) is 67.8 Å². The number of amides is 1. The van der Waals surface area contributed by atoms with Gasteiger partial charge in [0, 0.05) is 24.7 Å². The lowest BCUT2D eigenvalue weighted by Crippen LogP contribution is -2.52. The quantitative estimate of drug-likeness (QED) is 0.650. The number of rotatable bonds is 2. The standard InChI is InChI=1S/C19H26N2O2/c22-18(20-23)15-4-5-16-13-21(9-6-14(16)10-15)17-11-19(12-17)7-2-1-3-8-19/h4-5,10,17,23H,1-3,6-9,11-13H2,(H,20,22)/i4D. The van der Waals surface area contributed by atoms with Gasteiger partial charge < -0.3 is 0 Å². The van der Waals surface area contributed by atoms with Gasteiger partial charge in [-0.3, -0.25) is 14.9 Å². The molecule has 0 aromatic heterocycles. The normalized spacial score (nSPS) is 24.7. The second-order valence-electron chi connectivity index (χ2n) is 7.68. The highest BCUT2D eigenvalue weighted by atomic mass is 16.5. The first-order valence-corrected chi connectivity index (χ1v) is 8.91. The maximum Gasteiger partial charge on any atom is 0.274 e. The zero-order valence-corrected chi connectivity index (χ0v) is 13.6. The Morgan fingerprint density at radius 1 is 1.30 bits per heavy atom. The Bertz CT molecular complexity index is 647. The summed E-state index contributed by atoms with van der Waals surface area (Å²) in [5, 5.41) is 8.80. The molecule has 0 radical (unpaired) electrons. The number of carbonyl (C=O) groups excluding carboxylic acids is 1. The fourth-order valence-electron chi connectivity index (χ4n) is 4.92. The minimum Gasteiger partial charge on any atom is -0.296 e. The lowest BCUT2D eigenvalue weighted by Gasteiger charge is -2.54. The molecule has 2 saturated carbocycles. The zero-order chi connectivity index (χ0) is 16.7. The summed E-state index contributed by atoms with van der Waals surface area (Å²) in [6, 6.07) is 4.48. The van der Waals surface area contributed by atoms with Gasteiger partial charge in [0.15, 0.2) is 0 Å². The number of hydrogen-bond acceptors (Lipinski definition) is 3. The van der Waals surface area contributed by atoms with Crippen LogP contribution in [0.3, 0.4) is 0 Å². The maximum atomic E-state index is 11.6. The molecule has 0 unspecified atom stereocenters. The molecule has 1 aliphatic heterocycles. The molecule has 1 amide bonds. The highest BCUT2D eigenvalue weighted by molar-refractivity contribution is 5.93. The summed E-state index contributed by atoms with van der Waals surface area (Å²) in [5.41, 5.74) is 4.86. The van der Waals surface area contributed by atoms with E-state index in [0.717, 1.165) is 25.1 Å². The molecule has 1 spiro atoms. The minimum absolute atomic E-state index is 0.194.